The molecule has 2 atom stereocenters. The minimum atomic E-state index is 0.136. The summed E-state index contributed by atoms with van der Waals surface area (Å²) in [6.07, 6.45) is 1.04. The number of nitrogens with zero attached hydrogens (tertiary/aromatic N) is 1. The molecule has 98 valence electrons. The smallest absolute Gasteiger partial charge is 0.226 e. The SMILES string of the molecule is CC1CCN(C(=O)C2C(C)(C)C2(C)C)CC1N. The van der Waals surface area contributed by atoms with Crippen LogP contribution in [0.3, 0.4) is 0 Å². The number of hydrogen-bond donors (Lipinski definition) is 1. The van der Waals surface area contributed by atoms with E-state index >= 15 is 0 Å². The van der Waals surface area contributed by atoms with E-state index < -0.39 is 0 Å². The van der Waals surface area contributed by atoms with Gasteiger partial charge in [-0.05, 0) is 23.2 Å². The predicted octanol–water partition coefficient (Wildman–Crippen LogP) is 1.86. The molecule has 3 heteroatoms. The number of likely N-dealkylation sites (tertiary alicyclic amines) is 1. The lowest BCUT2D eigenvalue weighted by Crippen LogP contribution is -2.50. The van der Waals surface area contributed by atoms with Gasteiger partial charge in [-0.3, -0.25) is 4.79 Å². The van der Waals surface area contributed by atoms with E-state index in [0.717, 1.165) is 19.5 Å². The van der Waals surface area contributed by atoms with E-state index in [1.54, 1.807) is 0 Å². The molecule has 1 saturated heterocycles. The summed E-state index contributed by atoms with van der Waals surface area (Å²) in [7, 11) is 0. The van der Waals surface area contributed by atoms with Gasteiger partial charge in [-0.1, -0.05) is 34.6 Å². The van der Waals surface area contributed by atoms with Gasteiger partial charge in [-0.2, -0.15) is 0 Å². The van der Waals surface area contributed by atoms with Crippen LogP contribution in [0, 0.1) is 22.7 Å². The van der Waals surface area contributed by atoms with Gasteiger partial charge < -0.3 is 10.6 Å². The molecule has 1 amide bonds. The molecule has 1 saturated carbocycles. The monoisotopic (exact) mass is 238 g/mol. The van der Waals surface area contributed by atoms with Crippen molar-refractivity contribution in [3.05, 3.63) is 0 Å². The van der Waals surface area contributed by atoms with Crippen molar-refractivity contribution in [2.24, 2.45) is 28.4 Å². The molecule has 1 aliphatic carbocycles. The second-order valence-electron chi connectivity index (χ2n) is 7.09. The van der Waals surface area contributed by atoms with Crippen molar-refractivity contribution >= 4 is 5.91 Å². The first-order chi connectivity index (χ1) is 7.69. The number of carbonyl (C=O) groups excluding carboxylic acids is 1. The Morgan fingerprint density at radius 2 is 1.76 bits per heavy atom. The van der Waals surface area contributed by atoms with Crippen molar-refractivity contribution < 1.29 is 4.79 Å². The molecule has 0 aromatic carbocycles. The third kappa shape index (κ3) is 1.79. The van der Waals surface area contributed by atoms with Crippen molar-refractivity contribution in [1.29, 1.82) is 0 Å². The van der Waals surface area contributed by atoms with Crippen LogP contribution in [-0.4, -0.2) is 29.9 Å². The lowest BCUT2D eigenvalue weighted by atomic mass is 9.93. The third-order valence-corrected chi connectivity index (χ3v) is 5.60. The van der Waals surface area contributed by atoms with E-state index in [1.165, 1.54) is 0 Å². The standard InChI is InChI=1S/C14H26N2O/c1-9-6-7-16(8-10(9)15)12(17)11-13(2,3)14(11,4)5/h9-11H,6-8,15H2,1-5H3. The van der Waals surface area contributed by atoms with E-state index in [2.05, 4.69) is 34.6 Å². The summed E-state index contributed by atoms with van der Waals surface area (Å²) in [5.74, 6) is 1.04. The molecule has 2 unspecified atom stereocenters. The Bertz CT molecular complexity index is 321. The topological polar surface area (TPSA) is 46.3 Å². The molecule has 2 aliphatic rings. The summed E-state index contributed by atoms with van der Waals surface area (Å²) >= 11 is 0. The highest BCUT2D eigenvalue weighted by Crippen LogP contribution is 2.68. The number of carbonyl (C=O) groups is 1. The Morgan fingerprint density at radius 3 is 2.18 bits per heavy atom. The Kier molecular flexibility index (Phi) is 2.81. The van der Waals surface area contributed by atoms with Crippen LogP contribution in [-0.2, 0) is 4.79 Å². The van der Waals surface area contributed by atoms with Gasteiger partial charge in [0.25, 0.3) is 0 Å². The zero-order chi connectivity index (χ0) is 13.0. The van der Waals surface area contributed by atoms with Gasteiger partial charge in [0.05, 0.1) is 0 Å². The van der Waals surface area contributed by atoms with Crippen LogP contribution in [0.25, 0.3) is 0 Å². The van der Waals surface area contributed by atoms with Crippen LogP contribution in [0.5, 0.6) is 0 Å². The maximum Gasteiger partial charge on any atom is 0.226 e. The van der Waals surface area contributed by atoms with Gasteiger partial charge in [0, 0.05) is 25.0 Å². The van der Waals surface area contributed by atoms with Gasteiger partial charge in [-0.25, -0.2) is 0 Å². The lowest BCUT2D eigenvalue weighted by Gasteiger charge is -2.35. The minimum absolute atomic E-state index is 0.136. The highest BCUT2D eigenvalue weighted by molar-refractivity contribution is 5.84. The van der Waals surface area contributed by atoms with Crippen molar-refractivity contribution in [3.8, 4) is 0 Å². The van der Waals surface area contributed by atoms with E-state index in [1.807, 2.05) is 4.90 Å². The molecule has 3 nitrogen and oxygen atoms in total. The number of amides is 1. The van der Waals surface area contributed by atoms with E-state index in [0.29, 0.717) is 11.8 Å². The molecular formula is C14H26N2O. The fraction of sp³-hybridized carbons (Fsp3) is 0.929. The summed E-state index contributed by atoms with van der Waals surface area (Å²) in [6, 6.07) is 0.151. The summed E-state index contributed by atoms with van der Waals surface area (Å²) in [4.78, 5) is 14.5. The van der Waals surface area contributed by atoms with Crippen molar-refractivity contribution in [2.75, 3.05) is 13.1 Å². The second kappa shape index (κ2) is 3.71. The molecule has 0 radical (unpaired) electrons. The molecule has 1 heterocycles. The molecular weight excluding hydrogens is 212 g/mol. The summed E-state index contributed by atoms with van der Waals surface area (Å²) in [6.45, 7) is 12.6. The second-order valence-corrected chi connectivity index (χ2v) is 7.09. The average Bonchev–Trinajstić information content (AvgIpc) is 2.61. The summed E-state index contributed by atoms with van der Waals surface area (Å²) in [5, 5.41) is 0. The van der Waals surface area contributed by atoms with Gasteiger partial charge in [0.15, 0.2) is 0 Å². The summed E-state index contributed by atoms with van der Waals surface area (Å²) in [5.41, 5.74) is 6.34. The Hall–Kier alpha value is -0.570. The highest BCUT2D eigenvalue weighted by atomic mass is 16.2. The molecule has 17 heavy (non-hydrogen) atoms. The first kappa shape index (κ1) is 12.9. The van der Waals surface area contributed by atoms with Crippen LogP contribution in [0.4, 0.5) is 0 Å². The van der Waals surface area contributed by atoms with Gasteiger partial charge in [0.2, 0.25) is 5.91 Å². The van der Waals surface area contributed by atoms with Gasteiger partial charge in [-0.15, -0.1) is 0 Å². The quantitative estimate of drug-likeness (QED) is 0.758. The molecule has 2 rings (SSSR count). The highest BCUT2D eigenvalue weighted by Gasteiger charge is 2.68. The molecule has 1 aliphatic heterocycles. The Balaban J connectivity index is 2.04. The first-order valence-corrected chi connectivity index (χ1v) is 6.74. The number of hydrogen-bond acceptors (Lipinski definition) is 2. The summed E-state index contributed by atoms with van der Waals surface area (Å²) < 4.78 is 0. The molecule has 0 aromatic heterocycles. The van der Waals surface area contributed by atoms with Crippen LogP contribution in [0.1, 0.15) is 41.0 Å². The van der Waals surface area contributed by atoms with Gasteiger partial charge in [0.1, 0.15) is 0 Å². The molecule has 2 N–H and O–H groups in total. The van der Waals surface area contributed by atoms with E-state index in [4.69, 9.17) is 5.73 Å². The number of rotatable bonds is 1. The van der Waals surface area contributed by atoms with Gasteiger partial charge >= 0.3 is 0 Å². The van der Waals surface area contributed by atoms with Crippen LogP contribution in [0.15, 0.2) is 0 Å². The molecule has 0 spiro atoms. The normalized spacial score (nSPS) is 35.8. The first-order valence-electron chi connectivity index (χ1n) is 6.74. The van der Waals surface area contributed by atoms with Crippen LogP contribution >= 0.6 is 0 Å². The number of piperidine rings is 1. The van der Waals surface area contributed by atoms with E-state index in [-0.39, 0.29) is 22.8 Å². The molecule has 0 aromatic rings. The Labute approximate surface area is 105 Å². The van der Waals surface area contributed by atoms with Crippen molar-refractivity contribution in [2.45, 2.75) is 47.1 Å². The average molecular weight is 238 g/mol. The lowest BCUT2D eigenvalue weighted by molar-refractivity contribution is -0.135. The van der Waals surface area contributed by atoms with Crippen LogP contribution in [0.2, 0.25) is 0 Å². The fourth-order valence-electron chi connectivity index (χ4n) is 3.30. The molecule has 2 fully saturated rings. The fourth-order valence-corrected chi connectivity index (χ4v) is 3.30. The molecule has 0 bridgehead atoms. The minimum Gasteiger partial charge on any atom is -0.341 e. The zero-order valence-corrected chi connectivity index (χ0v) is 11.8. The number of nitrogens with two attached hydrogens (primary N) is 1. The van der Waals surface area contributed by atoms with E-state index in [9.17, 15) is 4.79 Å². The predicted molar refractivity (Wildman–Crippen MR) is 69.4 cm³/mol. The zero-order valence-electron chi connectivity index (χ0n) is 11.8. The maximum atomic E-state index is 12.5. The maximum absolute atomic E-state index is 12.5. The van der Waals surface area contributed by atoms with Crippen molar-refractivity contribution in [3.63, 3.8) is 0 Å². The largest absolute Gasteiger partial charge is 0.341 e. The van der Waals surface area contributed by atoms with Crippen LogP contribution < -0.4 is 5.73 Å². The Morgan fingerprint density at radius 1 is 1.24 bits per heavy atom. The third-order valence-electron chi connectivity index (χ3n) is 5.60. The van der Waals surface area contributed by atoms with Crippen molar-refractivity contribution in [1.82, 2.24) is 4.90 Å².